The normalized spacial score (nSPS) is 15.6. The number of carbonyl (C=O) groups excluding carboxylic acids is 1. The zero-order valence-electron chi connectivity index (χ0n) is 19.6. The highest BCUT2D eigenvalue weighted by Gasteiger charge is 2.35. The summed E-state index contributed by atoms with van der Waals surface area (Å²) < 4.78 is 11.0. The molecule has 0 saturated carbocycles. The van der Waals surface area contributed by atoms with E-state index in [1.54, 1.807) is 19.5 Å². The Morgan fingerprint density at radius 2 is 1.82 bits per heavy atom. The quantitative estimate of drug-likeness (QED) is 0.441. The van der Waals surface area contributed by atoms with Gasteiger partial charge in [0.2, 0.25) is 0 Å². The number of methoxy groups -OCH3 is 1. The zero-order chi connectivity index (χ0) is 23.8. The molecule has 1 amide bonds. The molecule has 3 heterocycles. The monoisotopic (exact) mass is 458 g/mol. The summed E-state index contributed by atoms with van der Waals surface area (Å²) in [5.41, 5.74) is 5.13. The number of ether oxygens (including phenoxy) is 1. The number of rotatable bonds is 5. The average Bonchev–Trinajstić information content (AvgIpc) is 3.61. The fourth-order valence-electron chi connectivity index (χ4n) is 4.35. The third-order valence-corrected chi connectivity index (χ3v) is 6.41. The number of likely N-dealkylation sites (tertiary alicyclic amines) is 1. The van der Waals surface area contributed by atoms with Gasteiger partial charge in [-0.25, -0.2) is 0 Å². The molecule has 5 rings (SSSR count). The maximum atomic E-state index is 13.8. The van der Waals surface area contributed by atoms with Gasteiger partial charge in [-0.05, 0) is 74.6 Å². The SMILES string of the molecule is COc1ccc(C)c(-c2nc([C@@H]3CCCN3C(=O)c3cc(C)c(C)cc3-n3nccn3)no2)c1. The Hall–Kier alpha value is -4.01. The van der Waals surface area contributed by atoms with Crippen LogP contribution in [0.3, 0.4) is 0 Å². The minimum Gasteiger partial charge on any atom is -0.497 e. The van der Waals surface area contributed by atoms with Crippen LogP contribution in [0.2, 0.25) is 0 Å². The summed E-state index contributed by atoms with van der Waals surface area (Å²) in [6.07, 6.45) is 4.83. The van der Waals surface area contributed by atoms with Crippen LogP contribution in [0.15, 0.2) is 47.2 Å². The molecule has 1 aliphatic rings. The maximum Gasteiger partial charge on any atom is 0.258 e. The van der Waals surface area contributed by atoms with Crippen LogP contribution in [0.25, 0.3) is 17.1 Å². The average molecular weight is 459 g/mol. The predicted molar refractivity (Wildman–Crippen MR) is 125 cm³/mol. The number of hydrogen-bond acceptors (Lipinski definition) is 7. The minimum absolute atomic E-state index is 0.0955. The zero-order valence-corrected chi connectivity index (χ0v) is 19.6. The molecule has 9 nitrogen and oxygen atoms in total. The van der Waals surface area contributed by atoms with Crippen molar-refractivity contribution in [2.24, 2.45) is 0 Å². The van der Waals surface area contributed by atoms with Crippen molar-refractivity contribution in [3.63, 3.8) is 0 Å². The van der Waals surface area contributed by atoms with E-state index in [2.05, 4.69) is 20.3 Å². The van der Waals surface area contributed by atoms with Crippen LogP contribution >= 0.6 is 0 Å². The first-order valence-corrected chi connectivity index (χ1v) is 11.2. The molecule has 0 unspecified atom stereocenters. The third-order valence-electron chi connectivity index (χ3n) is 6.41. The van der Waals surface area contributed by atoms with Crippen molar-refractivity contribution in [1.82, 2.24) is 30.0 Å². The predicted octanol–water partition coefficient (Wildman–Crippen LogP) is 4.23. The standard InChI is InChI=1S/C25H26N6O3/c1-15-7-8-18(33-4)14-19(15)24-28-23(29-34-24)21-6-5-11-30(21)25(32)20-12-16(2)17(3)13-22(20)31-26-9-10-27-31/h7-10,12-14,21H,5-6,11H2,1-4H3/t21-/m0/s1. The summed E-state index contributed by atoms with van der Waals surface area (Å²) in [5, 5.41) is 12.7. The third kappa shape index (κ3) is 3.83. The van der Waals surface area contributed by atoms with Crippen molar-refractivity contribution in [3.05, 3.63) is 70.8 Å². The molecule has 0 radical (unpaired) electrons. The fourth-order valence-corrected chi connectivity index (χ4v) is 4.35. The second-order valence-corrected chi connectivity index (χ2v) is 8.57. The van der Waals surface area contributed by atoms with Gasteiger partial charge in [0.15, 0.2) is 5.82 Å². The Kier molecular flexibility index (Phi) is 5.61. The van der Waals surface area contributed by atoms with Gasteiger partial charge >= 0.3 is 0 Å². The van der Waals surface area contributed by atoms with Gasteiger partial charge in [0.25, 0.3) is 11.8 Å². The lowest BCUT2D eigenvalue weighted by Gasteiger charge is -2.24. The Labute approximate surface area is 197 Å². The van der Waals surface area contributed by atoms with Gasteiger partial charge in [-0.15, -0.1) is 0 Å². The largest absolute Gasteiger partial charge is 0.497 e. The number of carbonyl (C=O) groups is 1. The van der Waals surface area contributed by atoms with Crippen molar-refractivity contribution in [2.45, 2.75) is 39.7 Å². The smallest absolute Gasteiger partial charge is 0.258 e. The van der Waals surface area contributed by atoms with E-state index in [0.717, 1.165) is 35.1 Å². The van der Waals surface area contributed by atoms with Gasteiger partial charge < -0.3 is 14.2 Å². The minimum atomic E-state index is -0.268. The molecule has 174 valence electrons. The lowest BCUT2D eigenvalue weighted by molar-refractivity contribution is 0.0728. The number of aromatic nitrogens is 5. The molecule has 2 aromatic heterocycles. The summed E-state index contributed by atoms with van der Waals surface area (Å²) in [5.74, 6) is 1.54. The maximum absolute atomic E-state index is 13.8. The number of hydrogen-bond donors (Lipinski definition) is 0. The number of aryl methyl sites for hydroxylation is 3. The first-order valence-electron chi connectivity index (χ1n) is 11.2. The van der Waals surface area contributed by atoms with E-state index >= 15 is 0 Å². The molecule has 1 aliphatic heterocycles. The summed E-state index contributed by atoms with van der Waals surface area (Å²) >= 11 is 0. The van der Waals surface area contributed by atoms with Crippen molar-refractivity contribution >= 4 is 5.91 Å². The Balaban J connectivity index is 1.48. The highest BCUT2D eigenvalue weighted by Crippen LogP contribution is 2.35. The highest BCUT2D eigenvalue weighted by atomic mass is 16.5. The van der Waals surface area contributed by atoms with Gasteiger partial charge in [-0.1, -0.05) is 11.2 Å². The van der Waals surface area contributed by atoms with Crippen LogP contribution in [-0.2, 0) is 0 Å². The van der Waals surface area contributed by atoms with Crippen molar-refractivity contribution in [3.8, 4) is 22.9 Å². The Morgan fingerprint density at radius 3 is 2.59 bits per heavy atom. The van der Waals surface area contributed by atoms with Gasteiger partial charge in [0.1, 0.15) is 5.75 Å². The van der Waals surface area contributed by atoms with Crippen LogP contribution in [0.5, 0.6) is 5.75 Å². The van der Waals surface area contributed by atoms with Crippen molar-refractivity contribution < 1.29 is 14.1 Å². The van der Waals surface area contributed by atoms with E-state index in [1.807, 2.05) is 56.0 Å². The lowest BCUT2D eigenvalue weighted by Crippen LogP contribution is -2.32. The summed E-state index contributed by atoms with van der Waals surface area (Å²) in [7, 11) is 1.62. The molecule has 0 N–H and O–H groups in total. The van der Waals surface area contributed by atoms with Gasteiger partial charge in [-0.2, -0.15) is 20.0 Å². The Bertz CT molecular complexity index is 1340. The van der Waals surface area contributed by atoms with Crippen LogP contribution in [0.1, 0.15) is 51.8 Å². The van der Waals surface area contributed by atoms with Gasteiger partial charge in [-0.3, -0.25) is 4.79 Å². The van der Waals surface area contributed by atoms with Crippen LogP contribution in [0, 0.1) is 20.8 Å². The molecule has 9 heteroatoms. The van der Waals surface area contributed by atoms with Gasteiger partial charge in [0, 0.05) is 12.1 Å². The van der Waals surface area contributed by atoms with Gasteiger partial charge in [0.05, 0.1) is 36.8 Å². The van der Waals surface area contributed by atoms with Crippen LogP contribution in [0.4, 0.5) is 0 Å². The van der Waals surface area contributed by atoms with Crippen LogP contribution in [-0.4, -0.2) is 49.6 Å². The molecule has 1 fully saturated rings. The molecule has 1 saturated heterocycles. The second-order valence-electron chi connectivity index (χ2n) is 8.57. The molecule has 0 aliphatic carbocycles. The molecule has 1 atom stereocenters. The number of amides is 1. The molecular weight excluding hydrogens is 432 g/mol. The molecule has 4 aromatic rings. The van der Waals surface area contributed by atoms with Crippen LogP contribution < -0.4 is 4.74 Å². The first-order chi connectivity index (χ1) is 16.5. The molecular formula is C25H26N6O3. The molecule has 0 spiro atoms. The Morgan fingerprint density at radius 1 is 1.06 bits per heavy atom. The highest BCUT2D eigenvalue weighted by molar-refractivity contribution is 5.98. The summed E-state index contributed by atoms with van der Waals surface area (Å²) in [6, 6.07) is 9.31. The van der Waals surface area contributed by atoms with E-state index < -0.39 is 0 Å². The van der Waals surface area contributed by atoms with E-state index in [4.69, 9.17) is 9.26 Å². The van der Waals surface area contributed by atoms with E-state index in [-0.39, 0.29) is 11.9 Å². The van der Waals surface area contributed by atoms with E-state index in [9.17, 15) is 4.79 Å². The number of benzene rings is 2. The summed E-state index contributed by atoms with van der Waals surface area (Å²) in [6.45, 7) is 6.60. The molecule has 34 heavy (non-hydrogen) atoms. The second kappa shape index (κ2) is 8.74. The van der Waals surface area contributed by atoms with Crippen molar-refractivity contribution in [2.75, 3.05) is 13.7 Å². The first kappa shape index (κ1) is 21.8. The molecule has 2 aromatic carbocycles. The van der Waals surface area contributed by atoms with E-state index in [1.165, 1.54) is 4.80 Å². The molecule has 0 bridgehead atoms. The number of nitrogens with zero attached hydrogens (tertiary/aromatic N) is 6. The topological polar surface area (TPSA) is 99.2 Å². The summed E-state index contributed by atoms with van der Waals surface area (Å²) in [4.78, 5) is 21.8. The van der Waals surface area contributed by atoms with E-state index in [0.29, 0.717) is 35.3 Å². The lowest BCUT2D eigenvalue weighted by atomic mass is 10.0. The fraction of sp³-hybridized carbons (Fsp3) is 0.320. The van der Waals surface area contributed by atoms with Crippen molar-refractivity contribution in [1.29, 1.82) is 0 Å².